The van der Waals surface area contributed by atoms with Crippen LogP contribution in [0.5, 0.6) is 5.75 Å². The molecular formula is C23H33KN6O8S2. The van der Waals surface area contributed by atoms with Gasteiger partial charge < -0.3 is 19.2 Å². The Morgan fingerprint density at radius 2 is 1.73 bits per heavy atom. The Labute approximate surface area is 276 Å². The number of benzene rings is 1. The molecule has 0 unspecified atom stereocenters. The van der Waals surface area contributed by atoms with Crippen LogP contribution in [-0.4, -0.2) is 94.1 Å². The van der Waals surface area contributed by atoms with Crippen molar-refractivity contribution in [1.29, 1.82) is 0 Å². The Kier molecular flexibility index (Phi) is 12.9. The maximum atomic E-state index is 13.4. The summed E-state index contributed by atoms with van der Waals surface area (Å²) in [5.74, 6) is 1.38. The molecule has 14 nitrogen and oxygen atoms in total. The van der Waals surface area contributed by atoms with Crippen LogP contribution >= 0.6 is 0 Å². The van der Waals surface area contributed by atoms with E-state index in [1.807, 2.05) is 13.8 Å². The molecule has 1 fully saturated rings. The van der Waals surface area contributed by atoms with E-state index >= 15 is 0 Å². The zero-order chi connectivity index (χ0) is 29.0. The maximum Gasteiger partial charge on any atom is 1.00 e. The van der Waals surface area contributed by atoms with Gasteiger partial charge in [0.1, 0.15) is 11.6 Å². The number of aromatic nitrogens is 4. The van der Waals surface area contributed by atoms with Crippen LogP contribution in [0.2, 0.25) is 0 Å². The number of fused-ring (bicyclic) bond motifs is 1. The molecule has 4 rings (SSSR count). The molecule has 1 aromatic carbocycles. The number of H-pyrrole nitrogens is 1. The van der Waals surface area contributed by atoms with Crippen LogP contribution in [0, 0.1) is 6.92 Å². The summed E-state index contributed by atoms with van der Waals surface area (Å²) >= 11 is 0. The van der Waals surface area contributed by atoms with Crippen molar-refractivity contribution in [2.45, 2.75) is 45.4 Å². The summed E-state index contributed by atoms with van der Waals surface area (Å²) in [5.41, 5.74) is 1.09. The molecular weight excluding hydrogens is 592 g/mol. The van der Waals surface area contributed by atoms with E-state index in [0.717, 1.165) is 13.0 Å². The van der Waals surface area contributed by atoms with Crippen molar-refractivity contribution in [2.75, 3.05) is 39.3 Å². The number of nitrogens with one attached hydrogen (secondary N) is 1. The van der Waals surface area contributed by atoms with E-state index in [-0.39, 0.29) is 67.7 Å². The SMILES string of the molecule is CCCc1nc(C)c2c(=O)[nH]c(-c3cc(S(=O)(=O)N4CCN(CC)CC4)ccc3OCC)nn12.O=S(=O)([O-])O.[K+]. The summed E-state index contributed by atoms with van der Waals surface area (Å²) < 4.78 is 68.5. The van der Waals surface area contributed by atoms with E-state index in [1.54, 1.807) is 29.6 Å². The largest absolute Gasteiger partial charge is 1.00 e. The fourth-order valence-electron chi connectivity index (χ4n) is 4.31. The number of ether oxygens (including phenoxy) is 1. The van der Waals surface area contributed by atoms with Gasteiger partial charge in [-0.1, -0.05) is 13.8 Å². The predicted molar refractivity (Wildman–Crippen MR) is 142 cm³/mol. The number of nitrogens with zero attached hydrogens (tertiary/aromatic N) is 5. The third kappa shape index (κ3) is 8.63. The monoisotopic (exact) mass is 624 g/mol. The van der Waals surface area contributed by atoms with Gasteiger partial charge in [0, 0.05) is 32.6 Å². The van der Waals surface area contributed by atoms with Crippen molar-refractivity contribution in [3.8, 4) is 17.1 Å². The Morgan fingerprint density at radius 3 is 2.27 bits per heavy atom. The van der Waals surface area contributed by atoms with E-state index in [1.165, 1.54) is 4.31 Å². The first-order chi connectivity index (χ1) is 18.3. The molecule has 3 heterocycles. The van der Waals surface area contributed by atoms with Gasteiger partial charge in [-0.3, -0.25) is 9.35 Å². The average Bonchev–Trinajstić information content (AvgIpc) is 3.19. The molecule has 0 spiro atoms. The second kappa shape index (κ2) is 14.8. The van der Waals surface area contributed by atoms with E-state index in [9.17, 15) is 13.2 Å². The van der Waals surface area contributed by atoms with Gasteiger partial charge in [0.25, 0.3) is 5.56 Å². The first-order valence-electron chi connectivity index (χ1n) is 12.5. The molecule has 0 saturated carbocycles. The van der Waals surface area contributed by atoms with Crippen LogP contribution in [0.25, 0.3) is 16.9 Å². The number of aromatic amines is 1. The third-order valence-corrected chi connectivity index (χ3v) is 8.03. The Balaban J connectivity index is 0.000000858. The van der Waals surface area contributed by atoms with Crippen LogP contribution in [-0.2, 0) is 26.8 Å². The van der Waals surface area contributed by atoms with Gasteiger partial charge in [0.2, 0.25) is 20.4 Å². The normalized spacial score (nSPS) is 14.8. The molecule has 0 radical (unpaired) electrons. The number of piperazine rings is 1. The molecule has 0 bridgehead atoms. The van der Waals surface area contributed by atoms with Crippen LogP contribution in [0.15, 0.2) is 27.9 Å². The quantitative estimate of drug-likeness (QED) is 0.161. The van der Waals surface area contributed by atoms with Gasteiger partial charge in [-0.25, -0.2) is 26.3 Å². The minimum Gasteiger partial charge on any atom is -0.726 e. The molecule has 1 aliphatic heterocycles. The number of imidazole rings is 1. The number of aryl methyl sites for hydroxylation is 2. The molecule has 3 aromatic rings. The summed E-state index contributed by atoms with van der Waals surface area (Å²) in [4.78, 5) is 22.6. The summed E-state index contributed by atoms with van der Waals surface area (Å²) in [5, 5.41) is 4.65. The Bertz CT molecular complexity index is 1570. The molecule has 17 heteroatoms. The molecule has 0 amide bonds. The fourth-order valence-corrected chi connectivity index (χ4v) is 5.76. The van der Waals surface area contributed by atoms with Gasteiger partial charge in [-0.05, 0) is 45.0 Å². The van der Waals surface area contributed by atoms with Crippen LogP contribution < -0.4 is 61.7 Å². The zero-order valence-electron chi connectivity index (χ0n) is 23.2. The van der Waals surface area contributed by atoms with Gasteiger partial charge in [0.15, 0.2) is 11.3 Å². The van der Waals surface area contributed by atoms with Crippen LogP contribution in [0.4, 0.5) is 0 Å². The Hall–Kier alpha value is -1.25. The predicted octanol–water partition coefficient (Wildman–Crippen LogP) is -1.92. The van der Waals surface area contributed by atoms with E-state index in [0.29, 0.717) is 67.6 Å². The summed E-state index contributed by atoms with van der Waals surface area (Å²) in [7, 11) is -8.63. The summed E-state index contributed by atoms with van der Waals surface area (Å²) in [6, 6.07) is 4.72. The van der Waals surface area contributed by atoms with Gasteiger partial charge in [0.05, 0.1) is 22.8 Å². The van der Waals surface area contributed by atoms with Crippen molar-refractivity contribution >= 4 is 25.9 Å². The second-order valence-electron chi connectivity index (χ2n) is 8.78. The van der Waals surface area contributed by atoms with E-state index in [2.05, 4.69) is 26.9 Å². The van der Waals surface area contributed by atoms with Gasteiger partial charge in [-0.2, -0.15) is 4.31 Å². The average molecular weight is 625 g/mol. The number of sulfonamides is 1. The molecule has 216 valence electrons. The zero-order valence-corrected chi connectivity index (χ0v) is 28.0. The first-order valence-corrected chi connectivity index (χ1v) is 15.3. The molecule has 0 atom stereocenters. The molecule has 1 saturated heterocycles. The summed E-state index contributed by atoms with van der Waals surface area (Å²) in [6.45, 7) is 11.3. The van der Waals surface area contributed by atoms with Crippen molar-refractivity contribution in [3.05, 3.63) is 40.1 Å². The van der Waals surface area contributed by atoms with Crippen LogP contribution in [0.3, 0.4) is 0 Å². The number of likely N-dealkylation sites (N-methyl/N-ethyl adjacent to an activating group) is 1. The van der Waals surface area contributed by atoms with Crippen molar-refractivity contribution in [2.24, 2.45) is 0 Å². The van der Waals surface area contributed by atoms with Crippen molar-refractivity contribution in [1.82, 2.24) is 28.8 Å². The number of rotatable bonds is 8. The molecule has 0 aliphatic carbocycles. The smallest absolute Gasteiger partial charge is 0.726 e. The van der Waals surface area contributed by atoms with E-state index < -0.39 is 20.4 Å². The topological polar surface area (TPSA) is 190 Å². The second-order valence-corrected chi connectivity index (χ2v) is 11.6. The molecule has 2 N–H and O–H groups in total. The van der Waals surface area contributed by atoms with Gasteiger partial charge >= 0.3 is 51.4 Å². The number of hydrogen-bond donors (Lipinski definition) is 2. The first kappa shape index (κ1) is 34.9. The number of hydrogen-bond acceptors (Lipinski definition) is 10. The minimum atomic E-state index is -4.92. The Morgan fingerprint density at radius 1 is 1.10 bits per heavy atom. The third-order valence-electron chi connectivity index (χ3n) is 6.14. The summed E-state index contributed by atoms with van der Waals surface area (Å²) in [6.07, 6.45) is 1.52. The van der Waals surface area contributed by atoms with Crippen molar-refractivity contribution < 1.29 is 82.1 Å². The standard InChI is InChI=1S/C23H32N6O4S.K.H2O4S/c1-5-8-20-24-16(4)21-23(30)25-22(26-29(20)21)18-15-17(9-10-19(18)33-7-3)34(31,32)28-13-11-27(6-2)12-14-28;;1-5(2,3)4/h9-10,15H,5-8,11-14H2,1-4H3,(H,25,26,30);;(H2,1,2,3,4)/q;+1;/p-1. The van der Waals surface area contributed by atoms with E-state index in [4.69, 9.17) is 22.3 Å². The minimum absolute atomic E-state index is 0. The molecule has 40 heavy (non-hydrogen) atoms. The van der Waals surface area contributed by atoms with Gasteiger partial charge in [-0.15, -0.1) is 5.10 Å². The van der Waals surface area contributed by atoms with Crippen LogP contribution in [0.1, 0.15) is 38.7 Å². The fraction of sp³-hybridized carbons (Fsp3) is 0.522. The molecule has 1 aliphatic rings. The maximum absolute atomic E-state index is 13.4. The van der Waals surface area contributed by atoms with Crippen molar-refractivity contribution in [3.63, 3.8) is 0 Å². The molecule has 2 aromatic heterocycles.